The molecule has 0 aromatic carbocycles. The number of carbonyl (C=O) groups is 2. The molecule has 0 bridgehead atoms. The first kappa shape index (κ1) is 16.7. The van der Waals surface area contributed by atoms with Crippen molar-refractivity contribution in [3.05, 3.63) is 0 Å². The summed E-state index contributed by atoms with van der Waals surface area (Å²) < 4.78 is 4.93. The molecular weight excluding hydrogens is 238 g/mol. The molecule has 0 aliphatic carbocycles. The molecule has 0 radical (unpaired) electrons. The van der Waals surface area contributed by atoms with Crippen LogP contribution in [0.15, 0.2) is 0 Å². The second kappa shape index (κ2) is 7.20. The van der Waals surface area contributed by atoms with Gasteiger partial charge in [-0.25, -0.2) is 9.59 Å². The Hall–Kier alpha value is -1.30. The lowest BCUT2D eigenvalue weighted by Gasteiger charge is -2.21. The Labute approximate surface area is 108 Å². The molecule has 0 fully saturated rings. The van der Waals surface area contributed by atoms with E-state index in [4.69, 9.17) is 14.7 Å². The maximum atomic E-state index is 11.3. The minimum atomic E-state index is -1.11. The van der Waals surface area contributed by atoms with Crippen molar-refractivity contribution in [1.82, 2.24) is 5.48 Å². The van der Waals surface area contributed by atoms with E-state index in [1.807, 2.05) is 19.3 Å². The fourth-order valence-corrected chi connectivity index (χ4v) is 1.15. The highest BCUT2D eigenvalue weighted by molar-refractivity contribution is 5.73. The second-order valence-electron chi connectivity index (χ2n) is 5.30. The number of carboxylic acid groups (broad SMARTS) is 1. The third-order valence-corrected chi connectivity index (χ3v) is 2.27. The standard InChI is InChI=1S/C12H23NO5/c1-6-8(2)7-9(10(14)15)18-13-11(16)17-12(3,4)5/h8-9H,6-7H2,1-5H3,(H,13,16)(H,14,15). The normalized spacial score (nSPS) is 14.7. The molecule has 106 valence electrons. The zero-order valence-electron chi connectivity index (χ0n) is 11.6. The number of hydroxylamine groups is 1. The fourth-order valence-electron chi connectivity index (χ4n) is 1.15. The minimum Gasteiger partial charge on any atom is -0.479 e. The highest BCUT2D eigenvalue weighted by atomic mass is 16.7. The molecule has 0 saturated heterocycles. The quantitative estimate of drug-likeness (QED) is 0.717. The van der Waals surface area contributed by atoms with E-state index >= 15 is 0 Å². The molecule has 2 unspecified atom stereocenters. The van der Waals surface area contributed by atoms with Crippen molar-refractivity contribution in [3.8, 4) is 0 Å². The van der Waals surface area contributed by atoms with E-state index in [0.717, 1.165) is 6.42 Å². The zero-order valence-corrected chi connectivity index (χ0v) is 11.6. The van der Waals surface area contributed by atoms with Gasteiger partial charge in [0.05, 0.1) is 0 Å². The van der Waals surface area contributed by atoms with Crippen molar-refractivity contribution in [2.24, 2.45) is 5.92 Å². The van der Waals surface area contributed by atoms with E-state index in [1.165, 1.54) is 0 Å². The zero-order chi connectivity index (χ0) is 14.3. The van der Waals surface area contributed by atoms with E-state index in [9.17, 15) is 9.59 Å². The lowest BCUT2D eigenvalue weighted by molar-refractivity contribution is -0.156. The summed E-state index contributed by atoms with van der Waals surface area (Å²) in [5, 5.41) is 8.95. The SMILES string of the molecule is CCC(C)CC(ONC(=O)OC(C)(C)C)C(=O)O. The second-order valence-corrected chi connectivity index (χ2v) is 5.30. The maximum Gasteiger partial charge on any atom is 0.431 e. The van der Waals surface area contributed by atoms with Gasteiger partial charge in [0, 0.05) is 0 Å². The van der Waals surface area contributed by atoms with Crippen LogP contribution in [0.5, 0.6) is 0 Å². The number of nitrogens with one attached hydrogen (secondary N) is 1. The number of rotatable bonds is 6. The average molecular weight is 261 g/mol. The van der Waals surface area contributed by atoms with Gasteiger partial charge < -0.3 is 9.84 Å². The number of carboxylic acids is 1. The van der Waals surface area contributed by atoms with Gasteiger partial charge in [0.25, 0.3) is 0 Å². The van der Waals surface area contributed by atoms with Crippen LogP contribution < -0.4 is 5.48 Å². The van der Waals surface area contributed by atoms with E-state index in [1.54, 1.807) is 20.8 Å². The fraction of sp³-hybridized carbons (Fsp3) is 0.833. The predicted octanol–water partition coefficient (Wildman–Crippen LogP) is 2.33. The molecule has 0 aliphatic heterocycles. The molecule has 2 atom stereocenters. The lowest BCUT2D eigenvalue weighted by Crippen LogP contribution is -2.38. The van der Waals surface area contributed by atoms with Crippen molar-refractivity contribution in [3.63, 3.8) is 0 Å². The average Bonchev–Trinajstić information content (AvgIpc) is 2.20. The van der Waals surface area contributed by atoms with Crippen LogP contribution in [0.1, 0.15) is 47.5 Å². The smallest absolute Gasteiger partial charge is 0.431 e. The topological polar surface area (TPSA) is 84.9 Å². The van der Waals surface area contributed by atoms with Crippen LogP contribution in [0.3, 0.4) is 0 Å². The van der Waals surface area contributed by atoms with Crippen molar-refractivity contribution in [2.45, 2.75) is 59.2 Å². The third kappa shape index (κ3) is 7.89. The molecule has 0 rings (SSSR count). The van der Waals surface area contributed by atoms with E-state index < -0.39 is 23.8 Å². The molecule has 2 N–H and O–H groups in total. The monoisotopic (exact) mass is 261 g/mol. The van der Waals surface area contributed by atoms with Crippen molar-refractivity contribution in [2.75, 3.05) is 0 Å². The molecule has 0 aromatic heterocycles. The van der Waals surface area contributed by atoms with Crippen LogP contribution in [0, 0.1) is 5.92 Å². The first-order valence-corrected chi connectivity index (χ1v) is 6.03. The van der Waals surface area contributed by atoms with Gasteiger partial charge in [-0.15, -0.1) is 0 Å². The Morgan fingerprint density at radius 3 is 2.28 bits per heavy atom. The van der Waals surface area contributed by atoms with E-state index in [2.05, 4.69) is 0 Å². The molecule has 0 aliphatic rings. The van der Waals surface area contributed by atoms with Crippen molar-refractivity contribution < 1.29 is 24.3 Å². The van der Waals surface area contributed by atoms with Crippen LogP contribution >= 0.6 is 0 Å². The molecule has 18 heavy (non-hydrogen) atoms. The first-order chi connectivity index (χ1) is 8.15. The van der Waals surface area contributed by atoms with Gasteiger partial charge in [0.1, 0.15) is 5.60 Å². The van der Waals surface area contributed by atoms with Crippen LogP contribution in [-0.2, 0) is 14.4 Å². The molecule has 6 nitrogen and oxygen atoms in total. The summed E-state index contributed by atoms with van der Waals surface area (Å²) >= 11 is 0. The summed E-state index contributed by atoms with van der Waals surface area (Å²) in [5.41, 5.74) is 1.36. The Kier molecular flexibility index (Phi) is 6.68. The molecular formula is C12H23NO5. The molecule has 0 spiro atoms. The molecule has 0 aromatic rings. The predicted molar refractivity (Wildman–Crippen MR) is 66.0 cm³/mol. The van der Waals surface area contributed by atoms with Crippen LogP contribution in [0.25, 0.3) is 0 Å². The number of hydrogen-bond donors (Lipinski definition) is 2. The lowest BCUT2D eigenvalue weighted by atomic mass is 10.0. The van der Waals surface area contributed by atoms with Gasteiger partial charge >= 0.3 is 12.1 Å². The van der Waals surface area contributed by atoms with Gasteiger partial charge in [-0.2, -0.15) is 5.48 Å². The van der Waals surface area contributed by atoms with Gasteiger partial charge in [-0.05, 0) is 33.1 Å². The van der Waals surface area contributed by atoms with Gasteiger partial charge in [-0.3, -0.25) is 4.84 Å². The molecule has 0 heterocycles. The minimum absolute atomic E-state index is 0.200. The largest absolute Gasteiger partial charge is 0.479 e. The van der Waals surface area contributed by atoms with Crippen molar-refractivity contribution >= 4 is 12.1 Å². The molecule has 6 heteroatoms. The third-order valence-electron chi connectivity index (χ3n) is 2.27. The van der Waals surface area contributed by atoms with Gasteiger partial charge in [0.2, 0.25) is 0 Å². The Morgan fingerprint density at radius 1 is 1.33 bits per heavy atom. The number of ether oxygens (including phenoxy) is 1. The number of amides is 1. The Morgan fingerprint density at radius 2 is 1.89 bits per heavy atom. The van der Waals surface area contributed by atoms with Crippen LogP contribution in [0.4, 0.5) is 4.79 Å². The summed E-state index contributed by atoms with van der Waals surface area (Å²) in [7, 11) is 0. The van der Waals surface area contributed by atoms with E-state index in [-0.39, 0.29) is 5.92 Å². The van der Waals surface area contributed by atoms with Crippen LogP contribution in [-0.4, -0.2) is 28.9 Å². The summed E-state index contributed by atoms with van der Waals surface area (Å²) in [6.07, 6.45) is -0.674. The molecule has 1 amide bonds. The van der Waals surface area contributed by atoms with Crippen LogP contribution in [0.2, 0.25) is 0 Å². The number of aliphatic carboxylic acids is 1. The summed E-state index contributed by atoms with van der Waals surface area (Å²) in [6, 6.07) is 0. The Bertz CT molecular complexity index is 285. The van der Waals surface area contributed by atoms with Crippen molar-refractivity contribution in [1.29, 1.82) is 0 Å². The number of hydrogen-bond acceptors (Lipinski definition) is 4. The first-order valence-electron chi connectivity index (χ1n) is 6.03. The van der Waals surface area contributed by atoms with Gasteiger partial charge in [0.15, 0.2) is 6.10 Å². The molecule has 0 saturated carbocycles. The highest BCUT2D eigenvalue weighted by Crippen LogP contribution is 2.12. The van der Waals surface area contributed by atoms with Gasteiger partial charge in [-0.1, -0.05) is 20.3 Å². The highest BCUT2D eigenvalue weighted by Gasteiger charge is 2.23. The Balaban J connectivity index is 4.20. The number of carbonyl (C=O) groups excluding carboxylic acids is 1. The summed E-state index contributed by atoms with van der Waals surface area (Å²) in [4.78, 5) is 27.1. The summed E-state index contributed by atoms with van der Waals surface area (Å²) in [6.45, 7) is 9.01. The summed E-state index contributed by atoms with van der Waals surface area (Å²) in [5.74, 6) is -0.905. The maximum absolute atomic E-state index is 11.3. The van der Waals surface area contributed by atoms with E-state index in [0.29, 0.717) is 6.42 Å².